The zero-order valence-corrected chi connectivity index (χ0v) is 21.3. The minimum Gasteiger partial charge on any atom is -0.492 e. The topological polar surface area (TPSA) is 105 Å². The quantitative estimate of drug-likeness (QED) is 0.542. The van der Waals surface area contributed by atoms with Crippen molar-refractivity contribution in [2.45, 2.75) is 31.2 Å². The van der Waals surface area contributed by atoms with Gasteiger partial charge in [0.25, 0.3) is 0 Å². The van der Waals surface area contributed by atoms with Crippen molar-refractivity contribution in [1.82, 2.24) is 14.5 Å². The third-order valence-corrected chi connectivity index (χ3v) is 7.27. The van der Waals surface area contributed by atoms with Crippen molar-refractivity contribution < 1.29 is 27.5 Å². The fourth-order valence-corrected chi connectivity index (χ4v) is 5.27. The molecule has 0 radical (unpaired) electrons. The lowest BCUT2D eigenvalue weighted by Gasteiger charge is -2.36. The summed E-state index contributed by atoms with van der Waals surface area (Å²) in [6.07, 6.45) is -0.254. The molecule has 2 amide bonds. The summed E-state index contributed by atoms with van der Waals surface area (Å²) in [6, 6.07) is 12.3. The lowest BCUT2D eigenvalue weighted by molar-refractivity contribution is -0.134. The highest BCUT2D eigenvalue weighted by molar-refractivity contribution is 7.89. The molecular weight excluding hydrogens is 494 g/mol. The molecule has 35 heavy (non-hydrogen) atoms. The number of ether oxygens (including phenoxy) is 2. The number of hydrogen-bond donors (Lipinski definition) is 1. The van der Waals surface area contributed by atoms with Gasteiger partial charge in [-0.15, -0.1) is 0 Å². The van der Waals surface area contributed by atoms with Gasteiger partial charge < -0.3 is 19.3 Å². The van der Waals surface area contributed by atoms with Crippen LogP contribution in [0.5, 0.6) is 5.75 Å². The number of piperazine rings is 1. The summed E-state index contributed by atoms with van der Waals surface area (Å²) in [7, 11) is -4.07. The minimum absolute atomic E-state index is 0.0658. The second-order valence-electron chi connectivity index (χ2n) is 7.90. The molecule has 1 atom stereocenters. The molecule has 1 N–H and O–H groups in total. The maximum atomic E-state index is 13.4. The summed E-state index contributed by atoms with van der Waals surface area (Å²) in [4.78, 5) is 28.4. The van der Waals surface area contributed by atoms with Gasteiger partial charge in [0.1, 0.15) is 11.8 Å². The Bertz CT molecular complexity index is 1120. The van der Waals surface area contributed by atoms with Crippen LogP contribution in [0, 0.1) is 0 Å². The van der Waals surface area contributed by atoms with E-state index in [-0.39, 0.29) is 41.9 Å². The number of carbonyl (C=O) groups excluding carboxylic acids is 2. The maximum Gasteiger partial charge on any atom is 0.409 e. The van der Waals surface area contributed by atoms with E-state index >= 15 is 0 Å². The highest BCUT2D eigenvalue weighted by Crippen LogP contribution is 2.27. The molecule has 1 saturated heterocycles. The van der Waals surface area contributed by atoms with Crippen molar-refractivity contribution in [2.75, 3.05) is 39.4 Å². The van der Waals surface area contributed by atoms with Crippen molar-refractivity contribution in [3.8, 4) is 5.75 Å². The number of nitrogens with one attached hydrogen (secondary N) is 1. The van der Waals surface area contributed by atoms with Gasteiger partial charge in [0.15, 0.2) is 0 Å². The highest BCUT2D eigenvalue weighted by atomic mass is 35.5. The van der Waals surface area contributed by atoms with Gasteiger partial charge in [-0.3, -0.25) is 4.79 Å². The lowest BCUT2D eigenvalue weighted by Crippen LogP contribution is -2.56. The molecule has 0 saturated carbocycles. The van der Waals surface area contributed by atoms with Crippen molar-refractivity contribution in [3.05, 3.63) is 59.1 Å². The van der Waals surface area contributed by atoms with Crippen molar-refractivity contribution in [3.63, 3.8) is 0 Å². The second-order valence-corrected chi connectivity index (χ2v) is 10.0. The Morgan fingerprint density at radius 3 is 2.26 bits per heavy atom. The van der Waals surface area contributed by atoms with Crippen molar-refractivity contribution in [1.29, 1.82) is 0 Å². The van der Waals surface area contributed by atoms with E-state index in [4.69, 9.17) is 21.1 Å². The van der Waals surface area contributed by atoms with Crippen molar-refractivity contribution >= 4 is 33.6 Å². The van der Waals surface area contributed by atoms with Gasteiger partial charge >= 0.3 is 6.09 Å². The molecule has 9 nitrogen and oxygen atoms in total. The van der Waals surface area contributed by atoms with Crippen molar-refractivity contribution in [2.24, 2.45) is 0 Å². The number of sulfonamides is 1. The molecule has 0 aliphatic carbocycles. The molecule has 2 aromatic rings. The Morgan fingerprint density at radius 1 is 1.00 bits per heavy atom. The first-order valence-corrected chi connectivity index (χ1v) is 13.3. The van der Waals surface area contributed by atoms with Gasteiger partial charge in [0.2, 0.25) is 15.9 Å². The van der Waals surface area contributed by atoms with Crippen LogP contribution < -0.4 is 9.46 Å². The third kappa shape index (κ3) is 7.09. The third-order valence-electron chi connectivity index (χ3n) is 5.51. The van der Waals surface area contributed by atoms with E-state index < -0.39 is 22.2 Å². The van der Waals surface area contributed by atoms with E-state index in [1.165, 1.54) is 23.1 Å². The zero-order valence-electron chi connectivity index (χ0n) is 19.8. The molecule has 0 spiro atoms. The van der Waals surface area contributed by atoms with E-state index in [0.29, 0.717) is 25.4 Å². The number of amides is 2. The molecule has 1 fully saturated rings. The predicted octanol–water partition coefficient (Wildman–Crippen LogP) is 2.93. The highest BCUT2D eigenvalue weighted by Gasteiger charge is 2.32. The molecule has 0 bridgehead atoms. The molecule has 11 heteroatoms. The van der Waals surface area contributed by atoms with Crippen LogP contribution in [0.2, 0.25) is 5.02 Å². The first-order chi connectivity index (χ1) is 16.7. The Labute approximate surface area is 211 Å². The van der Waals surface area contributed by atoms with Crippen LogP contribution in [-0.4, -0.2) is 75.7 Å². The van der Waals surface area contributed by atoms with Gasteiger partial charge in [-0.25, -0.2) is 13.2 Å². The van der Waals surface area contributed by atoms with Crippen LogP contribution in [0.15, 0.2) is 53.4 Å². The first kappa shape index (κ1) is 26.8. The number of rotatable bonds is 9. The monoisotopic (exact) mass is 523 g/mol. The summed E-state index contributed by atoms with van der Waals surface area (Å²) < 4.78 is 39.4. The minimum atomic E-state index is -4.07. The summed E-state index contributed by atoms with van der Waals surface area (Å²) in [6.45, 7) is 5.37. The molecule has 190 valence electrons. The molecule has 1 aliphatic rings. The largest absolute Gasteiger partial charge is 0.492 e. The van der Waals surface area contributed by atoms with Gasteiger partial charge in [0.05, 0.1) is 23.1 Å². The average Bonchev–Trinajstić information content (AvgIpc) is 2.85. The van der Waals surface area contributed by atoms with Crippen LogP contribution in [0.3, 0.4) is 0 Å². The molecule has 0 unspecified atom stereocenters. The zero-order chi connectivity index (χ0) is 25.4. The Morgan fingerprint density at radius 2 is 1.66 bits per heavy atom. The Kier molecular flexibility index (Phi) is 9.36. The Hall–Kier alpha value is -2.82. The summed E-state index contributed by atoms with van der Waals surface area (Å²) in [5.74, 6) is 0.0162. The second kappa shape index (κ2) is 12.2. The van der Waals surface area contributed by atoms with E-state index in [9.17, 15) is 18.0 Å². The van der Waals surface area contributed by atoms with Gasteiger partial charge in [-0.2, -0.15) is 4.72 Å². The number of benzene rings is 2. The van der Waals surface area contributed by atoms with Crippen LogP contribution >= 0.6 is 11.6 Å². The van der Waals surface area contributed by atoms with E-state index in [2.05, 4.69) is 4.72 Å². The predicted molar refractivity (Wildman–Crippen MR) is 132 cm³/mol. The fourth-order valence-electron chi connectivity index (χ4n) is 3.75. The molecule has 2 aromatic carbocycles. The van der Waals surface area contributed by atoms with Crippen LogP contribution in [0.4, 0.5) is 4.79 Å². The van der Waals surface area contributed by atoms with Gasteiger partial charge in [0, 0.05) is 26.2 Å². The van der Waals surface area contributed by atoms with Crippen LogP contribution in [-0.2, 0) is 26.0 Å². The smallest absolute Gasteiger partial charge is 0.409 e. The molecule has 1 heterocycles. The summed E-state index contributed by atoms with van der Waals surface area (Å²) >= 11 is 6.19. The van der Waals surface area contributed by atoms with Gasteiger partial charge in [-0.1, -0.05) is 41.9 Å². The number of carbonyl (C=O) groups is 2. The number of hydrogen-bond acceptors (Lipinski definition) is 6. The molecule has 1 aliphatic heterocycles. The average molecular weight is 524 g/mol. The lowest BCUT2D eigenvalue weighted by atomic mass is 10.1. The normalized spacial score (nSPS) is 14.9. The summed E-state index contributed by atoms with van der Waals surface area (Å²) in [5.41, 5.74) is 0.809. The Balaban J connectivity index is 1.79. The van der Waals surface area contributed by atoms with E-state index in [1.54, 1.807) is 18.7 Å². The number of halogens is 1. The van der Waals surface area contributed by atoms with Crippen LogP contribution in [0.25, 0.3) is 0 Å². The summed E-state index contributed by atoms with van der Waals surface area (Å²) in [5, 5.41) is 0.163. The molecular formula is C24H30ClN3O6S. The first-order valence-electron chi connectivity index (χ1n) is 11.4. The molecule has 0 aromatic heterocycles. The van der Waals surface area contributed by atoms with Gasteiger partial charge in [-0.05, 0) is 44.0 Å². The van der Waals surface area contributed by atoms with Crippen LogP contribution in [0.1, 0.15) is 19.4 Å². The number of nitrogens with zero attached hydrogens (tertiary/aromatic N) is 2. The fraction of sp³-hybridized carbons (Fsp3) is 0.417. The van der Waals surface area contributed by atoms with E-state index in [0.717, 1.165) is 5.56 Å². The van der Waals surface area contributed by atoms with E-state index in [1.807, 2.05) is 30.3 Å². The molecule has 3 rings (SSSR count). The SMILES string of the molecule is CCOC(=O)N1CCN(C(=O)[C@H](Cc2ccccc2)NS(=O)(=O)c2ccc(OCC)c(Cl)c2)CC1. The standard InChI is InChI=1S/C24H30ClN3O6S/c1-3-33-22-11-10-19(17-20(22)25)35(31,32)26-21(16-18-8-6-5-7-9-18)23(29)27-12-14-28(15-13-27)24(30)34-4-2/h5-11,17,21,26H,3-4,12-16H2,1-2H3/t21-/m0/s1. The maximum absolute atomic E-state index is 13.4.